The molecule has 0 N–H and O–H groups in total. The van der Waals surface area contributed by atoms with Crippen LogP contribution in [0.4, 0.5) is 8.39 Å². The van der Waals surface area contributed by atoms with Crippen LogP contribution in [0.3, 0.4) is 0 Å². The molecule has 4 heteroatoms. The first-order valence-electron chi connectivity index (χ1n) is 7.94. The van der Waals surface area contributed by atoms with Gasteiger partial charge in [0.15, 0.2) is 0 Å². The van der Waals surface area contributed by atoms with Crippen molar-refractivity contribution in [3.63, 3.8) is 0 Å². The van der Waals surface area contributed by atoms with E-state index in [4.69, 9.17) is 0 Å². The number of halogens is 2. The molecule has 0 rings (SSSR count). The Morgan fingerprint density at radius 2 is 1.32 bits per heavy atom. The van der Waals surface area contributed by atoms with Gasteiger partial charge in [-0.3, -0.25) is 0 Å². The molecule has 0 saturated carbocycles. The van der Waals surface area contributed by atoms with Gasteiger partial charge in [0, 0.05) is 11.8 Å². The van der Waals surface area contributed by atoms with Gasteiger partial charge in [-0.05, 0) is 25.2 Å². The second-order valence-electron chi connectivity index (χ2n) is 5.46. The van der Waals surface area contributed by atoms with E-state index in [9.17, 15) is 8.39 Å². The van der Waals surface area contributed by atoms with Gasteiger partial charge in [-0.15, -0.1) is 0 Å². The lowest BCUT2D eigenvalue weighted by Gasteiger charge is -2.18. The Bertz CT molecular complexity index is 191. The predicted molar refractivity (Wildman–Crippen MR) is 88.4 cm³/mol. The molecule has 0 fully saturated rings. The van der Waals surface area contributed by atoms with Crippen molar-refractivity contribution >= 4 is 16.5 Å². The van der Waals surface area contributed by atoms with Crippen molar-refractivity contribution in [3.8, 4) is 0 Å². The molecule has 3 atom stereocenters. The molecule has 0 nitrogen and oxygen atoms in total. The van der Waals surface area contributed by atoms with Gasteiger partial charge in [-0.25, -0.2) is 8.39 Å². The van der Waals surface area contributed by atoms with E-state index >= 15 is 0 Å². The van der Waals surface area contributed by atoms with Gasteiger partial charge < -0.3 is 0 Å². The smallest absolute Gasteiger partial charge is 0.0846 e. The second-order valence-corrected chi connectivity index (χ2v) is 9.33. The Morgan fingerprint density at radius 1 is 0.789 bits per heavy atom. The van der Waals surface area contributed by atoms with Crippen LogP contribution >= 0.6 is 16.5 Å². The highest BCUT2D eigenvalue weighted by molar-refractivity contribution is 7.56. The summed E-state index contributed by atoms with van der Waals surface area (Å²) in [5.41, 5.74) is -0.0288. The van der Waals surface area contributed by atoms with Crippen LogP contribution in [0.2, 0.25) is 0 Å². The Hall–Kier alpha value is 0.720. The van der Waals surface area contributed by atoms with E-state index < -0.39 is 16.5 Å². The molecule has 0 spiro atoms. The average molecular weight is 312 g/mol. The van der Waals surface area contributed by atoms with Crippen molar-refractivity contribution in [1.29, 1.82) is 0 Å². The minimum Gasteiger partial charge on any atom is -0.227 e. The zero-order valence-corrected chi connectivity index (χ0v) is 14.8. The van der Waals surface area contributed by atoms with Crippen LogP contribution < -0.4 is 0 Å². The molecule has 0 aliphatic carbocycles. The van der Waals surface area contributed by atoms with E-state index in [1.807, 2.05) is 6.92 Å². The molecule has 0 radical (unpaired) electrons. The van der Waals surface area contributed by atoms with Crippen molar-refractivity contribution < 1.29 is 8.39 Å². The van der Waals surface area contributed by atoms with Gasteiger partial charge in [0.05, 0.1) is 16.5 Å². The maximum atomic E-state index is 13.9. The summed E-state index contributed by atoms with van der Waals surface area (Å²) in [6, 6.07) is 0. The summed E-state index contributed by atoms with van der Waals surface area (Å²) in [6.45, 7) is 6.23. The summed E-state index contributed by atoms with van der Waals surface area (Å²) in [7, 11) is -2.85. The van der Waals surface area contributed by atoms with E-state index in [0.717, 1.165) is 25.7 Å². The average Bonchev–Trinajstić information content (AvgIpc) is 2.39. The molecular weight excluding hydrogens is 280 g/mol. The molecule has 19 heavy (non-hydrogen) atoms. The number of hydrogen-bond donors (Lipinski definition) is 0. The molecule has 3 unspecified atom stereocenters. The highest BCUT2D eigenvalue weighted by Gasteiger charge is 2.20. The minimum atomic E-state index is -1.44. The van der Waals surface area contributed by atoms with Gasteiger partial charge in [-0.2, -0.15) is 0 Å². The maximum absolute atomic E-state index is 13.9. The summed E-state index contributed by atoms with van der Waals surface area (Å²) < 4.78 is 27.7. The van der Waals surface area contributed by atoms with Crippen LogP contribution in [-0.2, 0) is 0 Å². The molecule has 0 bridgehead atoms. The largest absolute Gasteiger partial charge is 0.227 e. The quantitative estimate of drug-likeness (QED) is 0.248. The molecule has 0 aromatic heterocycles. The lowest BCUT2D eigenvalue weighted by Crippen LogP contribution is -2.05. The molecule has 0 aliphatic rings. The van der Waals surface area contributed by atoms with Crippen molar-refractivity contribution in [2.24, 2.45) is 0 Å². The van der Waals surface area contributed by atoms with E-state index in [1.54, 1.807) is 0 Å². The molecule has 0 aromatic carbocycles. The van der Waals surface area contributed by atoms with Crippen LogP contribution in [0.25, 0.3) is 0 Å². The number of rotatable bonds is 13. The van der Waals surface area contributed by atoms with Gasteiger partial charge in [0.25, 0.3) is 0 Å². The minimum absolute atomic E-state index is 0.0288. The van der Waals surface area contributed by atoms with Crippen molar-refractivity contribution in [2.45, 2.75) is 77.8 Å². The molecule has 0 amide bonds. The maximum Gasteiger partial charge on any atom is 0.0846 e. The predicted octanol–water partition coefficient (Wildman–Crippen LogP) is 7.27. The Kier molecular flexibility index (Phi) is 14.2. The fourth-order valence-corrected chi connectivity index (χ4v) is 5.62. The lowest BCUT2D eigenvalue weighted by molar-refractivity contribution is 0.692. The van der Waals surface area contributed by atoms with Crippen molar-refractivity contribution in [3.05, 3.63) is 0 Å². The van der Waals surface area contributed by atoms with Gasteiger partial charge >= 0.3 is 0 Å². The standard InChI is InChI=1S/C15H32F2P2/c1-4-6-8-10-12-18(16)14-15(3)19(17)13-11-9-7-5-2/h15H,4-14H2,1-3H3. The number of unbranched alkanes of at least 4 members (excludes halogenated alkanes) is 6. The van der Waals surface area contributed by atoms with E-state index in [0.29, 0.717) is 18.5 Å². The summed E-state index contributed by atoms with van der Waals surface area (Å²) in [4.78, 5) is 0. The SMILES string of the molecule is CCCCCCP(F)CC(C)P(F)CCCCCC. The van der Waals surface area contributed by atoms with Gasteiger partial charge in [0.2, 0.25) is 0 Å². The highest BCUT2D eigenvalue weighted by Crippen LogP contribution is 2.50. The van der Waals surface area contributed by atoms with Crippen LogP contribution in [0.1, 0.15) is 72.1 Å². The van der Waals surface area contributed by atoms with Crippen LogP contribution in [0, 0.1) is 0 Å². The molecule has 0 aliphatic heterocycles. The van der Waals surface area contributed by atoms with Gasteiger partial charge in [0.1, 0.15) is 0 Å². The summed E-state index contributed by atoms with van der Waals surface area (Å²) in [5, 5.41) is 0. The first-order valence-corrected chi connectivity index (χ1v) is 11.0. The molecule has 0 saturated heterocycles. The first kappa shape index (κ1) is 19.7. The third-order valence-corrected chi connectivity index (χ3v) is 7.34. The van der Waals surface area contributed by atoms with Crippen molar-refractivity contribution in [1.82, 2.24) is 0 Å². The Morgan fingerprint density at radius 3 is 1.84 bits per heavy atom. The lowest BCUT2D eigenvalue weighted by atomic mass is 10.2. The normalized spacial score (nSPS) is 16.3. The zero-order chi connectivity index (χ0) is 14.5. The third kappa shape index (κ3) is 12.2. The Labute approximate surface area is 121 Å². The summed E-state index contributed by atoms with van der Waals surface area (Å²) in [6.07, 6.45) is 10.9. The molecule has 116 valence electrons. The summed E-state index contributed by atoms with van der Waals surface area (Å²) >= 11 is 0. The van der Waals surface area contributed by atoms with Crippen LogP contribution in [0.15, 0.2) is 0 Å². The van der Waals surface area contributed by atoms with Crippen LogP contribution in [0.5, 0.6) is 0 Å². The molecule has 0 aromatic rings. The molecule has 0 heterocycles. The van der Waals surface area contributed by atoms with Crippen molar-refractivity contribution in [2.75, 3.05) is 18.5 Å². The summed E-state index contributed by atoms with van der Waals surface area (Å²) in [5.74, 6) is 0. The first-order chi connectivity index (χ1) is 9.11. The van der Waals surface area contributed by atoms with E-state index in [-0.39, 0.29) is 5.66 Å². The highest BCUT2D eigenvalue weighted by atomic mass is 31.2. The fourth-order valence-electron chi connectivity index (χ4n) is 2.09. The Balaban J connectivity index is 3.60. The van der Waals surface area contributed by atoms with Crippen LogP contribution in [-0.4, -0.2) is 24.1 Å². The second kappa shape index (κ2) is 13.7. The number of hydrogen-bond acceptors (Lipinski definition) is 0. The molecular formula is C15H32F2P2. The van der Waals surface area contributed by atoms with E-state index in [2.05, 4.69) is 13.8 Å². The van der Waals surface area contributed by atoms with E-state index in [1.165, 1.54) is 25.7 Å². The topological polar surface area (TPSA) is 0 Å². The zero-order valence-electron chi connectivity index (χ0n) is 13.0. The monoisotopic (exact) mass is 312 g/mol. The third-order valence-electron chi connectivity index (χ3n) is 3.42. The van der Waals surface area contributed by atoms with Gasteiger partial charge in [-0.1, -0.05) is 59.3 Å². The fraction of sp³-hybridized carbons (Fsp3) is 1.00.